The predicted molar refractivity (Wildman–Crippen MR) is 294 cm³/mol. The third-order valence-electron chi connectivity index (χ3n) is 14.6. The summed E-state index contributed by atoms with van der Waals surface area (Å²) in [4.78, 5) is 39.8. The molecule has 3 atom stereocenters. The summed E-state index contributed by atoms with van der Waals surface area (Å²) in [5.74, 6) is 1.97. The summed E-state index contributed by atoms with van der Waals surface area (Å²) in [7, 11) is 2.12. The third kappa shape index (κ3) is 13.3. The van der Waals surface area contributed by atoms with Crippen molar-refractivity contribution in [2.75, 3.05) is 79.4 Å². The van der Waals surface area contributed by atoms with E-state index >= 15 is 0 Å². The number of thiophene rings is 1. The van der Waals surface area contributed by atoms with Gasteiger partial charge in [0, 0.05) is 73.9 Å². The fourth-order valence-corrected chi connectivity index (χ4v) is 12.2. The van der Waals surface area contributed by atoms with Crippen LogP contribution in [-0.2, 0) is 36.8 Å². The molecule has 3 fully saturated rings. The van der Waals surface area contributed by atoms with E-state index < -0.39 is 23.8 Å². The van der Waals surface area contributed by atoms with Gasteiger partial charge in [-0.15, -0.1) is 11.3 Å². The van der Waals surface area contributed by atoms with E-state index in [1.807, 2.05) is 58.9 Å². The summed E-state index contributed by atoms with van der Waals surface area (Å²) >= 11 is 16.2. The molecule has 7 heterocycles. The molecule has 77 heavy (non-hydrogen) atoms. The maximum absolute atomic E-state index is 14.7. The number of nitrogens with zero attached hydrogens (tertiary/aromatic N) is 6. The van der Waals surface area contributed by atoms with Crippen molar-refractivity contribution in [3.05, 3.63) is 105 Å². The number of carbonyl (C=O) groups is 1. The average molecular weight is 1110 g/mol. The molecule has 15 nitrogen and oxygen atoms in total. The third-order valence-corrected chi connectivity index (χ3v) is 16.7. The Morgan fingerprint density at radius 1 is 0.870 bits per heavy atom. The zero-order chi connectivity index (χ0) is 53.8. The molecule has 0 amide bonds. The highest BCUT2D eigenvalue weighted by atomic mass is 35.5. The summed E-state index contributed by atoms with van der Waals surface area (Å²) in [5.41, 5.74) is 3.92. The second kappa shape index (κ2) is 24.4. The number of ether oxygens (including phenoxy) is 8. The van der Waals surface area contributed by atoms with Crippen molar-refractivity contribution in [1.29, 1.82) is 0 Å². The molecule has 1 aliphatic carbocycles. The van der Waals surface area contributed by atoms with Crippen LogP contribution in [-0.4, -0.2) is 139 Å². The Labute approximate surface area is 463 Å². The Morgan fingerprint density at radius 2 is 1.64 bits per heavy atom. The van der Waals surface area contributed by atoms with Gasteiger partial charge in [0.1, 0.15) is 65.3 Å². The number of aromatic nitrogens is 4. The highest BCUT2D eigenvalue weighted by Gasteiger charge is 2.34. The topological polar surface area (TPSA) is 149 Å². The number of carbonyl (C=O) groups excluding carboxylic acids is 1. The number of fused-ring (bicyclic) bond motifs is 7. The van der Waals surface area contributed by atoms with Crippen molar-refractivity contribution in [3.63, 3.8) is 0 Å². The van der Waals surface area contributed by atoms with Crippen LogP contribution in [0.15, 0.2) is 61.1 Å². The SMILES string of the molecule is Cc1c(Cl)c2c(Cl)c(C)c1-c1c(-c3ccc(F)cc3)sc3ncnc(c13)O[C@@H](C(=O)OC(C)(C)C)Cc1cc(ccc1OCc1ccnc(C3CCC(COC[C@H]4COCCO4)CC3)n1)OC[C@@H](CN1CCN(C)CC1)O2. The Kier molecular flexibility index (Phi) is 17.5. The van der Waals surface area contributed by atoms with Crippen LogP contribution >= 0.6 is 34.5 Å². The van der Waals surface area contributed by atoms with Gasteiger partial charge in [0.15, 0.2) is 5.75 Å². The predicted octanol–water partition coefficient (Wildman–Crippen LogP) is 10.9. The smallest absolute Gasteiger partial charge is 0.348 e. The normalized spacial score (nSPS) is 21.7. The minimum absolute atomic E-state index is 0.00155. The Bertz CT molecular complexity index is 3000. The highest BCUT2D eigenvalue weighted by molar-refractivity contribution is 7.22. The number of halogens is 3. The van der Waals surface area contributed by atoms with Crippen molar-refractivity contribution >= 4 is 50.7 Å². The Hall–Kier alpha value is -5.24. The summed E-state index contributed by atoms with van der Waals surface area (Å²) in [5, 5.41) is 1.16. The van der Waals surface area contributed by atoms with Gasteiger partial charge < -0.3 is 42.8 Å². The quantitative estimate of drug-likeness (QED) is 0.107. The van der Waals surface area contributed by atoms with Crippen LogP contribution in [0.25, 0.3) is 31.8 Å². The van der Waals surface area contributed by atoms with Crippen LogP contribution in [0.5, 0.6) is 23.1 Å². The minimum Gasteiger partial charge on any atom is -0.490 e. The number of piperazine rings is 1. The zero-order valence-corrected chi connectivity index (χ0v) is 46.9. The van der Waals surface area contributed by atoms with Gasteiger partial charge in [0.05, 0.1) is 47.6 Å². The fraction of sp³-hybridized carbons (Fsp3) is 0.500. The molecule has 0 radical (unpaired) electrons. The van der Waals surface area contributed by atoms with Gasteiger partial charge in [-0.2, -0.15) is 0 Å². The van der Waals surface area contributed by atoms with Crippen molar-refractivity contribution in [1.82, 2.24) is 29.7 Å². The molecule has 4 bridgehead atoms. The summed E-state index contributed by atoms with van der Waals surface area (Å²) in [6.07, 6.45) is 5.39. The number of hydrogen-bond acceptors (Lipinski definition) is 16. The molecule has 0 N–H and O–H groups in total. The number of esters is 1. The van der Waals surface area contributed by atoms with Gasteiger partial charge in [-0.05, 0) is 132 Å². The summed E-state index contributed by atoms with van der Waals surface area (Å²) < 4.78 is 65.2. The molecule has 5 aliphatic rings. The van der Waals surface area contributed by atoms with Gasteiger partial charge >= 0.3 is 5.97 Å². The molecular weight excluding hydrogens is 1050 g/mol. The summed E-state index contributed by atoms with van der Waals surface area (Å²) in [6.45, 7) is 16.7. The van der Waals surface area contributed by atoms with Gasteiger partial charge in [0.2, 0.25) is 12.0 Å². The van der Waals surface area contributed by atoms with E-state index in [2.05, 4.69) is 16.8 Å². The maximum Gasteiger partial charge on any atom is 0.348 e. The molecule has 2 saturated heterocycles. The minimum atomic E-state index is -1.26. The molecule has 410 valence electrons. The lowest BCUT2D eigenvalue weighted by molar-refractivity contribution is -0.163. The molecule has 11 rings (SSSR count). The lowest BCUT2D eigenvalue weighted by Gasteiger charge is -2.35. The lowest BCUT2D eigenvalue weighted by Crippen LogP contribution is -2.49. The maximum atomic E-state index is 14.7. The number of benzene rings is 3. The van der Waals surface area contributed by atoms with E-state index in [0.717, 1.165) is 73.8 Å². The second-order valence-corrected chi connectivity index (χ2v) is 23.3. The number of likely N-dealkylation sites (N-methyl/N-ethyl adjacent to an activating group) is 1. The Balaban J connectivity index is 1.00. The molecule has 4 aliphatic heterocycles. The molecular formula is C58H67Cl2FN6O9S. The van der Waals surface area contributed by atoms with Crippen LogP contribution in [0.3, 0.4) is 0 Å². The van der Waals surface area contributed by atoms with E-state index in [0.29, 0.717) is 111 Å². The Morgan fingerprint density at radius 3 is 2.36 bits per heavy atom. The van der Waals surface area contributed by atoms with Crippen molar-refractivity contribution < 1.29 is 47.1 Å². The highest BCUT2D eigenvalue weighted by Crippen LogP contribution is 2.53. The first kappa shape index (κ1) is 55.1. The monoisotopic (exact) mass is 1110 g/mol. The van der Waals surface area contributed by atoms with E-state index in [4.69, 9.17) is 81.0 Å². The largest absolute Gasteiger partial charge is 0.490 e. The first-order valence-corrected chi connectivity index (χ1v) is 28.2. The molecule has 6 aromatic rings. The van der Waals surface area contributed by atoms with Crippen molar-refractivity contribution in [2.24, 2.45) is 5.92 Å². The molecule has 19 heteroatoms. The summed E-state index contributed by atoms with van der Waals surface area (Å²) in [6, 6.07) is 13.7. The van der Waals surface area contributed by atoms with Gasteiger partial charge in [0.25, 0.3) is 0 Å². The van der Waals surface area contributed by atoms with E-state index in [9.17, 15) is 9.18 Å². The van der Waals surface area contributed by atoms with E-state index in [-0.39, 0.29) is 43.4 Å². The van der Waals surface area contributed by atoms with E-state index in [1.165, 1.54) is 29.8 Å². The van der Waals surface area contributed by atoms with Crippen molar-refractivity contribution in [2.45, 2.75) is 103 Å². The van der Waals surface area contributed by atoms with Crippen LogP contribution in [0.1, 0.15) is 80.6 Å². The first-order chi connectivity index (χ1) is 37.1. The van der Waals surface area contributed by atoms with E-state index in [1.54, 1.807) is 18.3 Å². The van der Waals surface area contributed by atoms with Crippen molar-refractivity contribution in [3.8, 4) is 44.7 Å². The van der Waals surface area contributed by atoms with Gasteiger partial charge in [-0.25, -0.2) is 29.1 Å². The fourth-order valence-electron chi connectivity index (χ4n) is 10.5. The molecule has 0 spiro atoms. The number of rotatable bonds is 12. The van der Waals surface area contributed by atoms with Crippen LogP contribution in [0.2, 0.25) is 10.0 Å². The number of hydrogen-bond donors (Lipinski definition) is 0. The zero-order valence-electron chi connectivity index (χ0n) is 44.6. The molecule has 3 aromatic carbocycles. The first-order valence-electron chi connectivity index (χ1n) is 26.6. The van der Waals surface area contributed by atoms with Crippen LogP contribution < -0.4 is 18.9 Å². The van der Waals surface area contributed by atoms with Gasteiger partial charge in [-0.1, -0.05) is 35.3 Å². The molecule has 1 saturated carbocycles. The van der Waals surface area contributed by atoms with Gasteiger partial charge in [-0.3, -0.25) is 4.90 Å². The standard InChI is InChI=1S/C58H67Cl2FN6O9S/c1-34-47-35(2)51(60)52(50(34)59)74-43(27-67-21-19-66(6)20-22-67)32-72-42-15-16-45(73-29-41-17-18-62-54(65-41)38-9-7-36(8-10-38)28-70-31-44-30-69-23-24-71-44)39(25-42)26-46(57(68)76-58(3,4)5)75-55-49-48(47)53(77-56(49)64-33-63-55)37-11-13-40(61)14-12-37/h11-18,25,33,36,38,43-44,46H,7-10,19-24,26-32H2,1-6H3/t36?,38?,43-,44-,46-/m1/s1. The molecule has 0 unspecified atom stereocenters. The molecule has 3 aromatic heterocycles. The second-order valence-electron chi connectivity index (χ2n) is 21.5. The average Bonchev–Trinajstić information content (AvgIpc) is 4.06. The van der Waals surface area contributed by atoms with Crippen LogP contribution in [0.4, 0.5) is 4.39 Å². The lowest BCUT2D eigenvalue weighted by atomic mass is 9.82. The van der Waals surface area contributed by atoms with Crippen LogP contribution in [0, 0.1) is 25.6 Å².